The predicted molar refractivity (Wildman–Crippen MR) is 43.2 cm³/mol. The Balaban J connectivity index is 3.11. The third-order valence-electron chi connectivity index (χ3n) is 1.47. The van der Waals surface area contributed by atoms with Gasteiger partial charge in [-0.1, -0.05) is 0 Å². The largest absolute Gasteiger partial charge is 0.574 e. The maximum Gasteiger partial charge on any atom is 0.574 e. The van der Waals surface area contributed by atoms with Gasteiger partial charge in [0, 0.05) is 12.1 Å². The van der Waals surface area contributed by atoms with Crippen LogP contribution in [0.3, 0.4) is 0 Å². The summed E-state index contributed by atoms with van der Waals surface area (Å²) in [5, 5.41) is 0. The number of aromatic nitrogens is 1. The second kappa shape index (κ2) is 3.89. The highest BCUT2D eigenvalue weighted by atomic mass is 19.4. The molecule has 0 aliphatic heterocycles. The maximum atomic E-state index is 12.8. The highest BCUT2D eigenvalue weighted by molar-refractivity contribution is 5.39. The van der Waals surface area contributed by atoms with Gasteiger partial charge in [0.15, 0.2) is 11.6 Å². The summed E-state index contributed by atoms with van der Waals surface area (Å²) >= 11 is 0. The van der Waals surface area contributed by atoms with Crippen LogP contribution in [-0.4, -0.2) is 11.3 Å². The number of ether oxygens (including phenoxy) is 1. The van der Waals surface area contributed by atoms with Gasteiger partial charge in [-0.15, -0.1) is 13.2 Å². The van der Waals surface area contributed by atoms with Crippen molar-refractivity contribution in [3.8, 4) is 5.88 Å². The molecule has 0 saturated carbocycles. The lowest BCUT2D eigenvalue weighted by Gasteiger charge is -2.11. The van der Waals surface area contributed by atoms with E-state index in [0.29, 0.717) is 0 Å². The summed E-state index contributed by atoms with van der Waals surface area (Å²) in [5.74, 6) is -2.44. The van der Waals surface area contributed by atoms with E-state index in [1.165, 1.54) is 0 Å². The van der Waals surface area contributed by atoms with Crippen molar-refractivity contribution in [1.82, 2.24) is 4.98 Å². The summed E-state index contributed by atoms with van der Waals surface area (Å²) < 4.78 is 51.9. The number of nitrogen functional groups attached to an aromatic ring is 1. The van der Waals surface area contributed by atoms with Crippen LogP contribution in [0, 0.1) is 5.82 Å². The minimum atomic E-state index is -4.92. The molecule has 1 heterocycles. The summed E-state index contributed by atoms with van der Waals surface area (Å²) in [7, 11) is 0. The first kappa shape index (κ1) is 11.5. The van der Waals surface area contributed by atoms with Crippen molar-refractivity contribution in [2.24, 2.45) is 5.73 Å². The van der Waals surface area contributed by atoms with E-state index in [2.05, 4.69) is 9.72 Å². The maximum absolute atomic E-state index is 12.8. The highest BCUT2D eigenvalue weighted by Crippen LogP contribution is 2.26. The van der Waals surface area contributed by atoms with E-state index in [1.807, 2.05) is 0 Å². The molecule has 0 amide bonds. The van der Waals surface area contributed by atoms with Gasteiger partial charge in [0.05, 0.1) is 0 Å². The smallest absolute Gasteiger partial charge is 0.387 e. The molecule has 0 atom stereocenters. The first-order valence-corrected chi connectivity index (χ1v) is 3.74. The molecule has 4 N–H and O–H groups in total. The van der Waals surface area contributed by atoms with Crippen LogP contribution in [0.15, 0.2) is 6.07 Å². The van der Waals surface area contributed by atoms with Gasteiger partial charge in [-0.3, -0.25) is 0 Å². The Labute approximate surface area is 81.8 Å². The number of nitrogens with zero attached hydrogens (tertiary/aromatic N) is 1. The Hall–Kier alpha value is -1.57. The Morgan fingerprint density at radius 2 is 2.00 bits per heavy atom. The van der Waals surface area contributed by atoms with Gasteiger partial charge in [0.2, 0.25) is 5.88 Å². The van der Waals surface area contributed by atoms with Crippen LogP contribution in [0.1, 0.15) is 5.56 Å². The molecule has 0 bridgehead atoms. The molecule has 0 aliphatic carbocycles. The number of hydrogen-bond acceptors (Lipinski definition) is 4. The molecule has 0 saturated heterocycles. The minimum absolute atomic E-state index is 0.209. The number of rotatable bonds is 2. The zero-order valence-corrected chi connectivity index (χ0v) is 7.31. The van der Waals surface area contributed by atoms with Crippen molar-refractivity contribution < 1.29 is 22.3 Å². The summed E-state index contributed by atoms with van der Waals surface area (Å²) in [6.07, 6.45) is -4.92. The average Bonchev–Trinajstić information content (AvgIpc) is 2.08. The number of hydrogen-bond donors (Lipinski definition) is 2. The SMILES string of the molecule is NCc1cc(F)c(N)nc1OC(F)(F)F. The molecular formula is C7H7F4N3O. The van der Waals surface area contributed by atoms with E-state index in [1.54, 1.807) is 0 Å². The molecule has 1 rings (SSSR count). The Bertz CT molecular complexity index is 366. The topological polar surface area (TPSA) is 74.2 Å². The van der Waals surface area contributed by atoms with Gasteiger partial charge in [0.25, 0.3) is 0 Å². The summed E-state index contributed by atoms with van der Waals surface area (Å²) in [6, 6.07) is 0.753. The van der Waals surface area contributed by atoms with Crippen molar-refractivity contribution in [2.45, 2.75) is 12.9 Å². The van der Waals surface area contributed by atoms with E-state index in [9.17, 15) is 17.6 Å². The number of pyridine rings is 1. The molecule has 0 radical (unpaired) electrons. The van der Waals surface area contributed by atoms with Crippen molar-refractivity contribution in [3.05, 3.63) is 17.4 Å². The van der Waals surface area contributed by atoms with Gasteiger partial charge in [-0.25, -0.2) is 4.39 Å². The number of anilines is 1. The molecule has 0 fully saturated rings. The van der Waals surface area contributed by atoms with Gasteiger partial charge in [0.1, 0.15) is 0 Å². The standard InChI is InChI=1S/C7H7F4N3O/c8-4-1-3(2-12)6(14-5(4)13)15-7(9,10)11/h1H,2,12H2,(H2,13,14). The number of alkyl halides is 3. The first-order valence-electron chi connectivity index (χ1n) is 3.74. The second-order valence-electron chi connectivity index (χ2n) is 2.57. The quantitative estimate of drug-likeness (QED) is 0.740. The molecule has 0 spiro atoms. The zero-order chi connectivity index (χ0) is 11.6. The normalized spacial score (nSPS) is 11.5. The lowest BCUT2D eigenvalue weighted by molar-refractivity contribution is -0.276. The van der Waals surface area contributed by atoms with Crippen LogP contribution in [0.25, 0.3) is 0 Å². The van der Waals surface area contributed by atoms with Crippen LogP contribution < -0.4 is 16.2 Å². The van der Waals surface area contributed by atoms with E-state index in [0.717, 1.165) is 6.07 Å². The van der Waals surface area contributed by atoms with Crippen LogP contribution in [0.2, 0.25) is 0 Å². The van der Waals surface area contributed by atoms with E-state index >= 15 is 0 Å². The highest BCUT2D eigenvalue weighted by Gasteiger charge is 2.33. The third-order valence-corrected chi connectivity index (χ3v) is 1.47. The van der Waals surface area contributed by atoms with Crippen LogP contribution in [-0.2, 0) is 6.54 Å². The molecular weight excluding hydrogens is 218 g/mol. The fourth-order valence-corrected chi connectivity index (χ4v) is 0.867. The number of halogens is 4. The Morgan fingerprint density at radius 1 is 1.40 bits per heavy atom. The van der Waals surface area contributed by atoms with E-state index in [4.69, 9.17) is 11.5 Å². The fraction of sp³-hybridized carbons (Fsp3) is 0.286. The molecule has 15 heavy (non-hydrogen) atoms. The van der Waals surface area contributed by atoms with E-state index < -0.39 is 23.9 Å². The molecule has 0 unspecified atom stereocenters. The second-order valence-corrected chi connectivity index (χ2v) is 2.57. The summed E-state index contributed by atoms with van der Waals surface area (Å²) in [6.45, 7) is -0.338. The van der Waals surface area contributed by atoms with Crippen LogP contribution >= 0.6 is 0 Å². The van der Waals surface area contributed by atoms with Crippen LogP contribution in [0.5, 0.6) is 5.88 Å². The molecule has 1 aromatic heterocycles. The molecule has 0 aromatic carbocycles. The molecule has 84 valence electrons. The first-order chi connectivity index (χ1) is 6.83. The Kier molecular flexibility index (Phi) is 2.98. The fourth-order valence-electron chi connectivity index (χ4n) is 0.867. The van der Waals surface area contributed by atoms with Crippen molar-refractivity contribution in [3.63, 3.8) is 0 Å². The van der Waals surface area contributed by atoms with Gasteiger partial charge in [-0.2, -0.15) is 4.98 Å². The zero-order valence-electron chi connectivity index (χ0n) is 7.31. The van der Waals surface area contributed by atoms with Gasteiger partial charge in [-0.05, 0) is 6.07 Å². The Morgan fingerprint density at radius 3 is 2.47 bits per heavy atom. The number of nitrogens with two attached hydrogens (primary N) is 2. The monoisotopic (exact) mass is 225 g/mol. The minimum Gasteiger partial charge on any atom is -0.387 e. The van der Waals surface area contributed by atoms with E-state index in [-0.39, 0.29) is 12.1 Å². The lowest BCUT2D eigenvalue weighted by atomic mass is 10.2. The predicted octanol–water partition coefficient (Wildman–Crippen LogP) is 1.16. The van der Waals surface area contributed by atoms with Crippen molar-refractivity contribution >= 4 is 5.82 Å². The van der Waals surface area contributed by atoms with Crippen LogP contribution in [0.4, 0.5) is 23.4 Å². The lowest BCUT2D eigenvalue weighted by Crippen LogP contribution is -2.20. The molecule has 0 aliphatic rings. The third kappa shape index (κ3) is 2.94. The average molecular weight is 225 g/mol. The molecule has 4 nitrogen and oxygen atoms in total. The molecule has 8 heteroatoms. The van der Waals surface area contributed by atoms with Crippen molar-refractivity contribution in [2.75, 3.05) is 5.73 Å². The van der Waals surface area contributed by atoms with Crippen molar-refractivity contribution in [1.29, 1.82) is 0 Å². The summed E-state index contributed by atoms with van der Waals surface area (Å²) in [5.41, 5.74) is 9.87. The molecule has 1 aromatic rings. The van der Waals surface area contributed by atoms with Gasteiger partial charge >= 0.3 is 6.36 Å². The summed E-state index contributed by atoms with van der Waals surface area (Å²) in [4.78, 5) is 3.11. The van der Waals surface area contributed by atoms with Gasteiger partial charge < -0.3 is 16.2 Å².